The normalized spacial score (nSPS) is 10.9. The van der Waals surface area contributed by atoms with E-state index < -0.39 is 18.4 Å². The van der Waals surface area contributed by atoms with Gasteiger partial charge in [0.15, 0.2) is 0 Å². The number of aliphatic carboxylic acids is 1. The number of carboxylic acid groups (broad SMARTS) is 1. The van der Waals surface area contributed by atoms with Crippen molar-refractivity contribution in [2.45, 2.75) is 98.8 Å². The second-order valence-corrected chi connectivity index (χ2v) is 7.42. The topological polar surface area (TPSA) is 66.4 Å². The van der Waals surface area contributed by atoms with Gasteiger partial charge in [-0.3, -0.25) is 4.79 Å². The van der Waals surface area contributed by atoms with E-state index in [-0.39, 0.29) is 6.61 Å². The Kier molecular flexibility index (Phi) is 20.5. The lowest BCUT2D eigenvalue weighted by Gasteiger charge is -2.39. The first kappa shape index (κ1) is 28.1. The fourth-order valence-electron chi connectivity index (χ4n) is 3.03. The lowest BCUT2D eigenvalue weighted by Crippen LogP contribution is -2.50. The minimum atomic E-state index is -1.40. The van der Waals surface area contributed by atoms with Gasteiger partial charge >= 0.3 is 5.97 Å². The largest absolute Gasteiger partial charge is 0.550 e. The number of carbonyl (C=O) groups excluding carboxylic acids is 2. The van der Waals surface area contributed by atoms with Crippen LogP contribution >= 0.6 is 0 Å². The molecule has 27 heavy (non-hydrogen) atoms. The molecule has 0 rings (SSSR count). The van der Waals surface area contributed by atoms with Crippen molar-refractivity contribution in [1.29, 1.82) is 0 Å². The third kappa shape index (κ3) is 18.0. The van der Waals surface area contributed by atoms with Crippen LogP contribution in [0.2, 0.25) is 0 Å². The van der Waals surface area contributed by atoms with Gasteiger partial charge in [-0.15, -0.1) is 0 Å². The van der Waals surface area contributed by atoms with Crippen LogP contribution in [0.1, 0.15) is 98.8 Å². The molecule has 0 aromatic carbocycles. The molecule has 0 aliphatic rings. The van der Waals surface area contributed by atoms with Gasteiger partial charge in [0.1, 0.15) is 0 Å². The molecule has 5 heteroatoms. The molecule has 0 saturated heterocycles. The summed E-state index contributed by atoms with van der Waals surface area (Å²) in [7, 11) is 0. The van der Waals surface area contributed by atoms with E-state index in [9.17, 15) is 14.7 Å². The molecule has 0 atom stereocenters. The molecule has 0 fully saturated rings. The van der Waals surface area contributed by atoms with Crippen LogP contribution in [0.15, 0.2) is 0 Å². The second-order valence-electron chi connectivity index (χ2n) is 7.42. The van der Waals surface area contributed by atoms with Crippen molar-refractivity contribution in [3.05, 3.63) is 0 Å². The smallest absolute Gasteiger partial charge is 0.311 e. The predicted molar refractivity (Wildman–Crippen MR) is 110 cm³/mol. The van der Waals surface area contributed by atoms with Gasteiger partial charge in [0, 0.05) is 0 Å². The fourth-order valence-corrected chi connectivity index (χ4v) is 3.03. The van der Waals surface area contributed by atoms with Crippen molar-refractivity contribution in [2.75, 3.05) is 32.8 Å². The third-order valence-corrected chi connectivity index (χ3v) is 4.70. The average molecular weight is 388 g/mol. The first-order chi connectivity index (χ1) is 12.9. The van der Waals surface area contributed by atoms with E-state index in [1.165, 1.54) is 82.0 Å². The summed E-state index contributed by atoms with van der Waals surface area (Å²) in [5, 5.41) is 9.76. The molecule has 5 nitrogen and oxygen atoms in total. The van der Waals surface area contributed by atoms with Gasteiger partial charge in [-0.25, -0.2) is 0 Å². The van der Waals surface area contributed by atoms with Gasteiger partial charge in [-0.1, -0.05) is 60.3 Å². The monoisotopic (exact) mass is 387 g/mol. The molecule has 0 saturated carbocycles. The number of ether oxygens (including phenoxy) is 1. The lowest BCUT2D eigenvalue weighted by atomic mass is 10.1. The van der Waals surface area contributed by atoms with E-state index in [0.717, 1.165) is 0 Å². The molecule has 0 spiro atoms. The Morgan fingerprint density at radius 2 is 1.07 bits per heavy atom. The highest BCUT2D eigenvalue weighted by atomic mass is 16.5. The highest BCUT2D eigenvalue weighted by Gasteiger charge is 2.24. The number of rotatable bonds is 16. The Hall–Kier alpha value is -1.10. The maximum atomic E-state index is 10.4. The van der Waals surface area contributed by atoms with E-state index >= 15 is 0 Å². The summed E-state index contributed by atoms with van der Waals surface area (Å²) in [5.74, 6) is -2.14. The molecule has 162 valence electrons. The van der Waals surface area contributed by atoms with Gasteiger partial charge in [0.2, 0.25) is 0 Å². The molecular weight excluding hydrogens is 342 g/mol. The number of nitrogens with zero attached hydrogens (tertiary/aromatic N) is 1. The summed E-state index contributed by atoms with van der Waals surface area (Å²) in [6, 6.07) is 0. The third-order valence-electron chi connectivity index (χ3n) is 4.70. The first-order valence-corrected chi connectivity index (χ1v) is 11.1. The van der Waals surface area contributed by atoms with Crippen LogP contribution in [0.25, 0.3) is 0 Å². The van der Waals surface area contributed by atoms with Crippen LogP contribution in [0, 0.1) is 0 Å². The van der Waals surface area contributed by atoms with E-state index in [1.807, 2.05) is 6.92 Å². The lowest BCUT2D eigenvalue weighted by molar-refractivity contribution is -0.929. The van der Waals surface area contributed by atoms with Gasteiger partial charge < -0.3 is 19.1 Å². The standard InChI is InChI=1S/C16H36N.C6H10O4/c1-5-9-13-17(14-10-6-2,15-11-7-3)16-12-8-4;1-2-3-10-6(9)4-5(7)8/h5-16H2,1-4H3;2-4H2,1H3,(H,7,8)/q+1;/p-1. The number of hydrogen-bond acceptors (Lipinski definition) is 4. The van der Waals surface area contributed by atoms with Crippen LogP contribution < -0.4 is 5.11 Å². The average Bonchev–Trinajstić information content (AvgIpc) is 2.65. The number of carboxylic acids is 1. The van der Waals surface area contributed by atoms with Crippen molar-refractivity contribution in [3.8, 4) is 0 Å². The fraction of sp³-hybridized carbons (Fsp3) is 0.909. The Morgan fingerprint density at radius 1 is 0.704 bits per heavy atom. The second kappa shape index (κ2) is 19.7. The molecule has 0 aliphatic carbocycles. The maximum Gasteiger partial charge on any atom is 0.311 e. The summed E-state index contributed by atoms with van der Waals surface area (Å²) in [4.78, 5) is 20.1. The quantitative estimate of drug-likeness (QED) is 0.227. The molecule has 0 aliphatic heterocycles. The van der Waals surface area contributed by atoms with E-state index in [2.05, 4.69) is 32.4 Å². The van der Waals surface area contributed by atoms with Crippen molar-refractivity contribution in [2.24, 2.45) is 0 Å². The van der Waals surface area contributed by atoms with Crippen molar-refractivity contribution >= 4 is 11.9 Å². The number of carbonyl (C=O) groups is 2. The number of esters is 1. The Labute approximate surface area is 168 Å². The first-order valence-electron chi connectivity index (χ1n) is 11.1. The molecule has 0 heterocycles. The van der Waals surface area contributed by atoms with Gasteiger partial charge in [-0.05, 0) is 32.1 Å². The van der Waals surface area contributed by atoms with E-state index in [4.69, 9.17) is 0 Å². The summed E-state index contributed by atoms with van der Waals surface area (Å²) in [6.45, 7) is 17.1. The summed E-state index contributed by atoms with van der Waals surface area (Å²) < 4.78 is 5.86. The Morgan fingerprint density at radius 3 is 1.33 bits per heavy atom. The molecule has 0 amide bonds. The van der Waals surface area contributed by atoms with Crippen molar-refractivity contribution < 1.29 is 23.9 Å². The molecule has 0 radical (unpaired) electrons. The SMILES string of the molecule is CCCC[N+](CCCC)(CCCC)CCCC.CCCOC(=O)CC(=O)[O-]. The Bertz CT molecular complexity index is 321. The molecule has 0 unspecified atom stereocenters. The van der Waals surface area contributed by atoms with Gasteiger partial charge in [0.05, 0.1) is 45.2 Å². The van der Waals surface area contributed by atoms with Crippen LogP contribution in [0.5, 0.6) is 0 Å². The molecule has 0 N–H and O–H groups in total. The minimum absolute atomic E-state index is 0.270. The zero-order valence-corrected chi connectivity index (χ0v) is 18.7. The molecular formula is C22H45NO4. The van der Waals surface area contributed by atoms with Crippen molar-refractivity contribution in [3.63, 3.8) is 0 Å². The summed E-state index contributed by atoms with van der Waals surface area (Å²) in [6.07, 6.45) is 11.1. The van der Waals surface area contributed by atoms with Crippen molar-refractivity contribution in [1.82, 2.24) is 0 Å². The van der Waals surface area contributed by atoms with E-state index in [1.54, 1.807) is 0 Å². The van der Waals surface area contributed by atoms with Crippen LogP contribution in [0.3, 0.4) is 0 Å². The van der Waals surface area contributed by atoms with Crippen LogP contribution in [-0.2, 0) is 14.3 Å². The summed E-state index contributed by atoms with van der Waals surface area (Å²) in [5.41, 5.74) is 0. The van der Waals surface area contributed by atoms with Gasteiger partial charge in [0.25, 0.3) is 0 Å². The molecule has 0 aromatic heterocycles. The highest BCUT2D eigenvalue weighted by Crippen LogP contribution is 2.16. The van der Waals surface area contributed by atoms with Crippen LogP contribution in [-0.4, -0.2) is 49.2 Å². The number of quaternary nitrogens is 1. The zero-order valence-electron chi connectivity index (χ0n) is 18.7. The molecule has 0 bridgehead atoms. The maximum absolute atomic E-state index is 10.4. The highest BCUT2D eigenvalue weighted by molar-refractivity contribution is 5.88. The molecule has 0 aromatic rings. The van der Waals surface area contributed by atoms with Gasteiger partial charge in [-0.2, -0.15) is 0 Å². The summed E-state index contributed by atoms with van der Waals surface area (Å²) >= 11 is 0. The van der Waals surface area contributed by atoms with Crippen LogP contribution in [0.4, 0.5) is 0 Å². The predicted octanol–water partition coefficient (Wildman–Crippen LogP) is 4.08. The zero-order chi connectivity index (χ0) is 21.0. The number of unbranched alkanes of at least 4 members (excludes halogenated alkanes) is 4. The van der Waals surface area contributed by atoms with E-state index in [0.29, 0.717) is 6.42 Å². The number of hydrogen-bond donors (Lipinski definition) is 0. The minimum Gasteiger partial charge on any atom is -0.550 e. The Balaban J connectivity index is 0.